The topological polar surface area (TPSA) is 72.7 Å². The number of anilines is 1. The number of carbonyl (C=O) groups excluding carboxylic acids is 1. The summed E-state index contributed by atoms with van der Waals surface area (Å²) < 4.78 is 6.54. The molecule has 0 aromatic heterocycles. The molecule has 0 saturated heterocycles. The summed E-state index contributed by atoms with van der Waals surface area (Å²) in [6.45, 7) is 0.358. The van der Waals surface area contributed by atoms with Crippen molar-refractivity contribution in [2.24, 2.45) is 0 Å². The number of carbonyl (C=O) groups is 1. The van der Waals surface area contributed by atoms with Crippen LogP contribution in [0, 0.1) is 10.1 Å². The second kappa shape index (κ2) is 7.00. The lowest BCUT2D eigenvalue weighted by Crippen LogP contribution is -2.33. The Hall–Kier alpha value is -2.93. The lowest BCUT2D eigenvalue weighted by Gasteiger charge is -2.18. The number of halogens is 1. The number of benzene rings is 3. The molecule has 1 aliphatic rings. The minimum Gasteiger partial charge on any atom is -0.483 e. The maximum atomic E-state index is 12.7. The minimum atomic E-state index is -0.454. The minimum absolute atomic E-state index is 0.0216. The largest absolute Gasteiger partial charge is 0.483 e. The summed E-state index contributed by atoms with van der Waals surface area (Å²) in [5.74, 6) is 0.356. The number of amides is 1. The standard InChI is InChI=1S/C20H15BrN2O4/c21-20-16-4-2-1-3-13(16)6-8-18(20)27-12-19(24)22-10-9-14-5-7-15(23(25)26)11-17(14)22/h1-8,11H,9-10,12H2. The van der Waals surface area contributed by atoms with Crippen LogP contribution in [0.15, 0.2) is 59.1 Å². The second-order valence-corrected chi connectivity index (χ2v) is 7.05. The quantitative estimate of drug-likeness (QED) is 0.455. The predicted molar refractivity (Wildman–Crippen MR) is 106 cm³/mol. The number of ether oxygens (including phenoxy) is 1. The van der Waals surface area contributed by atoms with Gasteiger partial charge in [-0.3, -0.25) is 14.9 Å². The average molecular weight is 427 g/mol. The van der Waals surface area contributed by atoms with Crippen LogP contribution < -0.4 is 9.64 Å². The summed E-state index contributed by atoms with van der Waals surface area (Å²) in [6, 6.07) is 16.3. The van der Waals surface area contributed by atoms with E-state index in [1.54, 1.807) is 11.0 Å². The molecule has 0 unspecified atom stereocenters. The van der Waals surface area contributed by atoms with Gasteiger partial charge in [0.1, 0.15) is 5.75 Å². The molecule has 27 heavy (non-hydrogen) atoms. The van der Waals surface area contributed by atoms with Gasteiger partial charge in [-0.2, -0.15) is 0 Å². The van der Waals surface area contributed by atoms with Gasteiger partial charge in [0, 0.05) is 18.7 Å². The fourth-order valence-electron chi connectivity index (χ4n) is 3.28. The maximum Gasteiger partial charge on any atom is 0.271 e. The zero-order valence-corrected chi connectivity index (χ0v) is 15.8. The van der Waals surface area contributed by atoms with Crippen molar-refractivity contribution < 1.29 is 14.5 Å². The molecular weight excluding hydrogens is 412 g/mol. The van der Waals surface area contributed by atoms with Gasteiger partial charge in [0.25, 0.3) is 11.6 Å². The van der Waals surface area contributed by atoms with E-state index >= 15 is 0 Å². The highest BCUT2D eigenvalue weighted by Gasteiger charge is 2.27. The van der Waals surface area contributed by atoms with Crippen LogP contribution in [0.2, 0.25) is 0 Å². The Bertz CT molecular complexity index is 1070. The number of rotatable bonds is 4. The van der Waals surface area contributed by atoms with Gasteiger partial charge in [-0.15, -0.1) is 0 Å². The van der Waals surface area contributed by atoms with Crippen LogP contribution in [0.3, 0.4) is 0 Å². The second-order valence-electron chi connectivity index (χ2n) is 6.25. The normalized spacial score (nSPS) is 12.9. The first-order valence-corrected chi connectivity index (χ1v) is 9.21. The summed E-state index contributed by atoms with van der Waals surface area (Å²) in [5, 5.41) is 13.1. The molecule has 1 amide bonds. The summed E-state index contributed by atoms with van der Waals surface area (Å²) in [4.78, 5) is 24.8. The molecule has 0 bridgehead atoms. The van der Waals surface area contributed by atoms with Gasteiger partial charge < -0.3 is 9.64 Å². The molecule has 3 aromatic rings. The van der Waals surface area contributed by atoms with Crippen LogP contribution in [-0.4, -0.2) is 24.0 Å². The van der Waals surface area contributed by atoms with E-state index in [1.807, 2.05) is 36.4 Å². The van der Waals surface area contributed by atoms with E-state index in [0.717, 1.165) is 20.8 Å². The van der Waals surface area contributed by atoms with E-state index in [4.69, 9.17) is 4.74 Å². The lowest BCUT2D eigenvalue weighted by atomic mass is 10.1. The Balaban J connectivity index is 1.52. The molecule has 0 atom stereocenters. The molecule has 6 nitrogen and oxygen atoms in total. The van der Waals surface area contributed by atoms with Gasteiger partial charge in [0.15, 0.2) is 6.61 Å². The third kappa shape index (κ3) is 3.26. The summed E-state index contributed by atoms with van der Waals surface area (Å²) in [6.07, 6.45) is 0.679. The Morgan fingerprint density at radius 1 is 1.19 bits per heavy atom. The number of nitro benzene ring substituents is 1. The van der Waals surface area contributed by atoms with Crippen molar-refractivity contribution in [2.75, 3.05) is 18.1 Å². The van der Waals surface area contributed by atoms with Gasteiger partial charge >= 0.3 is 0 Å². The van der Waals surface area contributed by atoms with Crippen molar-refractivity contribution in [3.63, 3.8) is 0 Å². The van der Waals surface area contributed by atoms with Crippen LogP contribution in [0.4, 0.5) is 11.4 Å². The third-order valence-corrected chi connectivity index (χ3v) is 5.47. The Morgan fingerprint density at radius 2 is 2.00 bits per heavy atom. The van der Waals surface area contributed by atoms with Crippen molar-refractivity contribution in [1.29, 1.82) is 0 Å². The molecule has 136 valence electrons. The van der Waals surface area contributed by atoms with Gasteiger partial charge in [-0.25, -0.2) is 0 Å². The molecule has 0 fully saturated rings. The molecule has 4 rings (SSSR count). The summed E-state index contributed by atoms with van der Waals surface area (Å²) >= 11 is 3.54. The van der Waals surface area contributed by atoms with Gasteiger partial charge in [-0.05, 0) is 44.8 Å². The zero-order chi connectivity index (χ0) is 19.0. The molecule has 0 radical (unpaired) electrons. The van der Waals surface area contributed by atoms with Gasteiger partial charge in [0.05, 0.1) is 15.1 Å². The third-order valence-electron chi connectivity index (χ3n) is 4.66. The summed E-state index contributed by atoms with van der Waals surface area (Å²) in [7, 11) is 0. The SMILES string of the molecule is O=C(COc1ccc2ccccc2c1Br)N1CCc2ccc([N+](=O)[O-])cc21. The molecule has 0 spiro atoms. The molecule has 0 N–H and O–H groups in total. The number of hydrogen-bond donors (Lipinski definition) is 0. The fraction of sp³-hybridized carbons (Fsp3) is 0.150. The van der Waals surface area contributed by atoms with Crippen molar-refractivity contribution in [2.45, 2.75) is 6.42 Å². The number of non-ortho nitro benzene ring substituents is 1. The van der Waals surface area contributed by atoms with Gasteiger partial charge in [-0.1, -0.05) is 36.4 Å². The first kappa shape index (κ1) is 17.5. The van der Waals surface area contributed by atoms with Crippen LogP contribution in [0.1, 0.15) is 5.56 Å². The fourth-order valence-corrected chi connectivity index (χ4v) is 3.89. The molecule has 1 heterocycles. The first-order chi connectivity index (χ1) is 13.0. The smallest absolute Gasteiger partial charge is 0.271 e. The molecule has 1 aliphatic heterocycles. The Morgan fingerprint density at radius 3 is 2.81 bits per heavy atom. The molecule has 0 aliphatic carbocycles. The summed E-state index contributed by atoms with van der Waals surface area (Å²) in [5.41, 5.74) is 1.50. The number of nitro groups is 1. The monoisotopic (exact) mass is 426 g/mol. The van der Waals surface area contributed by atoms with E-state index in [9.17, 15) is 14.9 Å². The van der Waals surface area contributed by atoms with E-state index in [1.165, 1.54) is 12.1 Å². The Labute approximate surface area is 163 Å². The van der Waals surface area contributed by atoms with Crippen molar-refractivity contribution in [1.82, 2.24) is 0 Å². The predicted octanol–water partition coefficient (Wildman–Crippen LogP) is 4.48. The number of nitrogens with zero attached hydrogens (tertiary/aromatic N) is 2. The van der Waals surface area contributed by atoms with E-state index in [-0.39, 0.29) is 18.2 Å². The number of hydrogen-bond acceptors (Lipinski definition) is 4. The van der Waals surface area contributed by atoms with E-state index in [2.05, 4.69) is 15.9 Å². The highest BCUT2D eigenvalue weighted by atomic mass is 79.9. The van der Waals surface area contributed by atoms with Crippen LogP contribution in [0.5, 0.6) is 5.75 Å². The van der Waals surface area contributed by atoms with E-state index in [0.29, 0.717) is 24.4 Å². The lowest BCUT2D eigenvalue weighted by molar-refractivity contribution is -0.384. The number of fused-ring (bicyclic) bond motifs is 2. The molecule has 0 saturated carbocycles. The van der Waals surface area contributed by atoms with Crippen LogP contribution >= 0.6 is 15.9 Å². The van der Waals surface area contributed by atoms with Gasteiger partial charge in [0.2, 0.25) is 0 Å². The van der Waals surface area contributed by atoms with Crippen molar-refractivity contribution >= 4 is 44.0 Å². The maximum absolute atomic E-state index is 12.7. The molecular formula is C20H15BrN2O4. The van der Waals surface area contributed by atoms with Crippen molar-refractivity contribution in [3.05, 3.63) is 74.7 Å². The zero-order valence-electron chi connectivity index (χ0n) is 14.2. The van der Waals surface area contributed by atoms with Crippen LogP contribution in [0.25, 0.3) is 10.8 Å². The van der Waals surface area contributed by atoms with Crippen molar-refractivity contribution in [3.8, 4) is 5.75 Å². The average Bonchev–Trinajstić information content (AvgIpc) is 3.10. The highest BCUT2D eigenvalue weighted by molar-refractivity contribution is 9.10. The van der Waals surface area contributed by atoms with E-state index < -0.39 is 4.92 Å². The first-order valence-electron chi connectivity index (χ1n) is 8.42. The van der Waals surface area contributed by atoms with Crippen LogP contribution in [-0.2, 0) is 11.2 Å². The molecule has 7 heteroatoms. The molecule has 3 aromatic carbocycles. The Kier molecular flexibility index (Phi) is 4.53. The highest BCUT2D eigenvalue weighted by Crippen LogP contribution is 2.34.